The van der Waals surface area contributed by atoms with Crippen LogP contribution in [0.1, 0.15) is 19.4 Å². The molecule has 7 heteroatoms. The summed E-state index contributed by atoms with van der Waals surface area (Å²) in [6.07, 6.45) is -4.49. The summed E-state index contributed by atoms with van der Waals surface area (Å²) in [7, 11) is 0. The molecule has 118 valence electrons. The molecule has 0 amide bonds. The highest BCUT2D eigenvalue weighted by molar-refractivity contribution is 9.10. The van der Waals surface area contributed by atoms with E-state index in [1.165, 1.54) is 6.07 Å². The molecule has 2 rings (SSSR count). The van der Waals surface area contributed by atoms with Crippen molar-refractivity contribution >= 4 is 33.2 Å². The quantitative estimate of drug-likeness (QED) is 0.684. The predicted molar refractivity (Wildman–Crippen MR) is 81.0 cm³/mol. The lowest BCUT2D eigenvalue weighted by Gasteiger charge is -2.43. The number of morpholine rings is 1. The lowest BCUT2D eigenvalue weighted by molar-refractivity contribution is -0.137. The van der Waals surface area contributed by atoms with Gasteiger partial charge in [-0.05, 0) is 48.0 Å². The summed E-state index contributed by atoms with van der Waals surface area (Å²) in [5.41, 5.74) is -0.353. The number of hydrogen-bond acceptors (Lipinski definition) is 2. The van der Waals surface area contributed by atoms with Crippen LogP contribution < -0.4 is 4.90 Å². The highest BCUT2D eigenvalue weighted by Crippen LogP contribution is 2.37. The van der Waals surface area contributed by atoms with E-state index in [1.54, 1.807) is 0 Å². The van der Waals surface area contributed by atoms with Crippen molar-refractivity contribution in [2.24, 2.45) is 0 Å². The topological polar surface area (TPSA) is 12.5 Å². The minimum absolute atomic E-state index is 0.149. The maximum absolute atomic E-state index is 12.7. The second-order valence-corrected chi connectivity index (χ2v) is 6.86. The first-order chi connectivity index (χ1) is 9.62. The number of halogens is 5. The highest BCUT2D eigenvalue weighted by atomic mass is 79.9. The maximum atomic E-state index is 12.7. The molecule has 0 aromatic heterocycles. The molecule has 1 unspecified atom stereocenters. The minimum Gasteiger partial charge on any atom is -0.367 e. The molecule has 0 N–H and O–H groups in total. The van der Waals surface area contributed by atoms with E-state index in [1.807, 2.05) is 18.7 Å². The molecular weight excluding hydrogens is 371 g/mol. The van der Waals surface area contributed by atoms with Crippen molar-refractivity contribution in [1.29, 1.82) is 0 Å². The number of benzene rings is 1. The van der Waals surface area contributed by atoms with E-state index in [9.17, 15) is 13.2 Å². The van der Waals surface area contributed by atoms with Crippen LogP contribution in [0.15, 0.2) is 22.7 Å². The normalized spacial score (nSPS) is 22.4. The number of anilines is 1. The summed E-state index contributed by atoms with van der Waals surface area (Å²) >= 11 is 9.11. The van der Waals surface area contributed by atoms with Gasteiger partial charge in [0.15, 0.2) is 0 Å². The molecule has 0 spiro atoms. The zero-order valence-electron chi connectivity index (χ0n) is 11.7. The van der Waals surface area contributed by atoms with Gasteiger partial charge in [0.25, 0.3) is 0 Å². The van der Waals surface area contributed by atoms with Gasteiger partial charge in [0.2, 0.25) is 0 Å². The van der Waals surface area contributed by atoms with Gasteiger partial charge in [-0.3, -0.25) is 0 Å². The van der Waals surface area contributed by atoms with Crippen LogP contribution in [-0.2, 0) is 10.9 Å². The van der Waals surface area contributed by atoms with Crippen molar-refractivity contribution in [1.82, 2.24) is 0 Å². The molecule has 1 heterocycles. The van der Waals surface area contributed by atoms with E-state index in [2.05, 4.69) is 15.9 Å². The number of rotatable bonds is 2. The van der Waals surface area contributed by atoms with Gasteiger partial charge < -0.3 is 9.64 Å². The third kappa shape index (κ3) is 4.05. The van der Waals surface area contributed by atoms with Crippen molar-refractivity contribution in [2.45, 2.75) is 31.7 Å². The average Bonchev–Trinajstić information content (AvgIpc) is 2.35. The van der Waals surface area contributed by atoms with Gasteiger partial charge >= 0.3 is 6.18 Å². The van der Waals surface area contributed by atoms with Gasteiger partial charge in [-0.2, -0.15) is 13.2 Å². The van der Waals surface area contributed by atoms with E-state index in [-0.39, 0.29) is 6.10 Å². The lowest BCUT2D eigenvalue weighted by Crippen LogP contribution is -2.53. The Hall–Kier alpha value is -0.460. The molecule has 0 radical (unpaired) electrons. The molecule has 1 saturated heterocycles. The molecule has 2 nitrogen and oxygen atoms in total. The van der Waals surface area contributed by atoms with Gasteiger partial charge in [0, 0.05) is 17.6 Å². The second-order valence-electron chi connectivity index (χ2n) is 5.70. The Kier molecular flexibility index (Phi) is 4.81. The summed E-state index contributed by atoms with van der Waals surface area (Å²) in [5.74, 6) is 0.345. The Morgan fingerprint density at radius 2 is 2.10 bits per heavy atom. The van der Waals surface area contributed by atoms with Crippen molar-refractivity contribution < 1.29 is 17.9 Å². The number of hydrogen-bond donors (Lipinski definition) is 0. The molecule has 1 aromatic carbocycles. The fourth-order valence-electron chi connectivity index (χ4n) is 2.50. The monoisotopic (exact) mass is 385 g/mol. The first-order valence-electron chi connectivity index (χ1n) is 6.48. The van der Waals surface area contributed by atoms with Crippen molar-refractivity contribution in [3.8, 4) is 0 Å². The molecule has 0 aliphatic carbocycles. The molecule has 1 aromatic rings. The zero-order valence-corrected chi connectivity index (χ0v) is 14.0. The van der Waals surface area contributed by atoms with Crippen LogP contribution in [0, 0.1) is 0 Å². The minimum atomic E-state index is -4.34. The highest BCUT2D eigenvalue weighted by Gasteiger charge is 2.35. The van der Waals surface area contributed by atoms with Crippen molar-refractivity contribution in [3.63, 3.8) is 0 Å². The smallest absolute Gasteiger partial charge is 0.367 e. The van der Waals surface area contributed by atoms with Gasteiger partial charge in [0.05, 0.1) is 28.8 Å². The first kappa shape index (κ1) is 16.9. The van der Waals surface area contributed by atoms with Crippen molar-refractivity contribution in [3.05, 3.63) is 28.2 Å². The molecular formula is C14H16BrClF3NO. The first-order valence-corrected chi connectivity index (χ1v) is 7.80. The lowest BCUT2D eigenvalue weighted by atomic mass is 10.0. The van der Waals surface area contributed by atoms with Crippen LogP contribution in [0.5, 0.6) is 0 Å². The van der Waals surface area contributed by atoms with Crippen LogP contribution in [0.4, 0.5) is 18.9 Å². The average molecular weight is 387 g/mol. The van der Waals surface area contributed by atoms with E-state index in [0.29, 0.717) is 23.4 Å². The SMILES string of the molecule is CC1(C)CN(c2ccc(C(F)(F)F)cc2Br)CC(CCl)O1. The van der Waals surface area contributed by atoms with Crippen LogP contribution >= 0.6 is 27.5 Å². The van der Waals surface area contributed by atoms with Gasteiger partial charge in [-0.15, -0.1) is 11.6 Å². The van der Waals surface area contributed by atoms with Crippen LogP contribution in [0.3, 0.4) is 0 Å². The number of ether oxygens (including phenoxy) is 1. The molecule has 1 aliphatic rings. The molecule has 0 saturated carbocycles. The van der Waals surface area contributed by atoms with E-state index in [4.69, 9.17) is 16.3 Å². The van der Waals surface area contributed by atoms with Gasteiger partial charge in [0.1, 0.15) is 0 Å². The van der Waals surface area contributed by atoms with E-state index >= 15 is 0 Å². The Morgan fingerprint density at radius 1 is 1.43 bits per heavy atom. The Bertz CT molecular complexity index is 521. The number of alkyl halides is 4. The fourth-order valence-corrected chi connectivity index (χ4v) is 3.29. The van der Waals surface area contributed by atoms with Crippen LogP contribution in [-0.4, -0.2) is 30.7 Å². The summed E-state index contributed by atoms with van der Waals surface area (Å²) in [6.45, 7) is 5.02. The second kappa shape index (κ2) is 5.97. The third-order valence-electron chi connectivity index (χ3n) is 3.27. The predicted octanol–water partition coefficient (Wildman–Crippen LogP) is 4.69. The summed E-state index contributed by atoms with van der Waals surface area (Å²) in [4.78, 5) is 2.00. The van der Waals surface area contributed by atoms with E-state index < -0.39 is 17.3 Å². The molecule has 1 atom stereocenters. The Labute approximate surface area is 135 Å². The van der Waals surface area contributed by atoms with Crippen LogP contribution in [0.25, 0.3) is 0 Å². The van der Waals surface area contributed by atoms with Crippen LogP contribution in [0.2, 0.25) is 0 Å². The standard InChI is InChI=1S/C14H16BrClF3NO/c1-13(2)8-20(7-10(6-16)21-13)12-4-3-9(5-11(12)15)14(17,18)19/h3-5,10H,6-8H2,1-2H3. The summed E-state index contributed by atoms with van der Waals surface area (Å²) in [5, 5.41) is 0. The zero-order chi connectivity index (χ0) is 15.8. The fraction of sp³-hybridized carbons (Fsp3) is 0.571. The molecule has 1 aliphatic heterocycles. The Balaban J connectivity index is 2.29. The van der Waals surface area contributed by atoms with Gasteiger partial charge in [-0.25, -0.2) is 0 Å². The third-order valence-corrected chi connectivity index (χ3v) is 4.25. The van der Waals surface area contributed by atoms with Crippen molar-refractivity contribution in [2.75, 3.05) is 23.9 Å². The molecule has 0 bridgehead atoms. The molecule has 21 heavy (non-hydrogen) atoms. The summed E-state index contributed by atoms with van der Waals surface area (Å²) in [6, 6.07) is 3.69. The summed E-state index contributed by atoms with van der Waals surface area (Å²) < 4.78 is 44.4. The van der Waals surface area contributed by atoms with E-state index in [0.717, 1.165) is 17.8 Å². The molecule has 1 fully saturated rings. The number of nitrogens with zero attached hydrogens (tertiary/aromatic N) is 1. The maximum Gasteiger partial charge on any atom is 0.416 e. The largest absolute Gasteiger partial charge is 0.416 e. The van der Waals surface area contributed by atoms with Gasteiger partial charge in [-0.1, -0.05) is 0 Å². The Morgan fingerprint density at radius 3 is 2.62 bits per heavy atom.